The summed E-state index contributed by atoms with van der Waals surface area (Å²) in [4.78, 5) is 54.7. The zero-order valence-electron chi connectivity index (χ0n) is 46.4. The lowest BCUT2D eigenvalue weighted by Crippen LogP contribution is -2.69. The maximum Gasteiger partial charge on any atom is 0.335 e. The molecule has 79 heavy (non-hydrogen) atoms. The van der Waals surface area contributed by atoms with Gasteiger partial charge in [0, 0.05) is 18.5 Å². The van der Waals surface area contributed by atoms with E-state index < -0.39 is 144 Å². The van der Waals surface area contributed by atoms with Gasteiger partial charge in [0.25, 0.3) is 5.91 Å². The molecule has 11 N–H and O–H groups in total. The van der Waals surface area contributed by atoms with E-state index in [4.69, 9.17) is 28.4 Å². The van der Waals surface area contributed by atoms with Crippen molar-refractivity contribution in [2.45, 2.75) is 217 Å². The Bertz CT molecular complexity index is 2440. The number of ether oxygens (including phenoxy) is 6. The van der Waals surface area contributed by atoms with E-state index in [0.717, 1.165) is 24.7 Å². The fraction of sp³-hybridized carbons (Fsp3) is 0.793. The summed E-state index contributed by atoms with van der Waals surface area (Å²) in [6.45, 7) is 13.9. The molecule has 21 heteroatoms. The summed E-state index contributed by atoms with van der Waals surface area (Å²) in [7, 11) is 0. The van der Waals surface area contributed by atoms with Crippen LogP contribution in [0.3, 0.4) is 0 Å². The van der Waals surface area contributed by atoms with Gasteiger partial charge in [0.15, 0.2) is 25.0 Å². The lowest BCUT2D eigenvalue weighted by Gasteiger charge is -2.71. The molecule has 24 atom stereocenters. The number of hydrogen-bond acceptors (Lipinski definition) is 19. The van der Waals surface area contributed by atoms with Crippen LogP contribution in [0.5, 0.6) is 0 Å². The van der Waals surface area contributed by atoms with Gasteiger partial charge < -0.3 is 89.6 Å². The molecule has 0 aromatic heterocycles. The molecule has 0 spiro atoms. The van der Waals surface area contributed by atoms with Crippen molar-refractivity contribution in [2.24, 2.45) is 50.2 Å². The molecule has 3 saturated heterocycles. The third kappa shape index (κ3) is 10.2. The fourth-order valence-corrected chi connectivity index (χ4v) is 16.4. The highest BCUT2D eigenvalue weighted by Gasteiger charge is 2.72. The second-order valence-electron chi connectivity index (χ2n) is 26.2. The predicted octanol–water partition coefficient (Wildman–Crippen LogP) is 1.59. The van der Waals surface area contributed by atoms with E-state index in [-0.39, 0.29) is 47.7 Å². The van der Waals surface area contributed by atoms with E-state index >= 15 is 0 Å². The number of rotatable bonds is 15. The van der Waals surface area contributed by atoms with Crippen LogP contribution in [0.25, 0.3) is 0 Å². The van der Waals surface area contributed by atoms with Crippen LogP contribution >= 0.6 is 0 Å². The number of aliphatic hydroxyl groups excluding tert-OH is 9. The maximum absolute atomic E-state index is 14.9. The van der Waals surface area contributed by atoms with Crippen LogP contribution in [-0.4, -0.2) is 193 Å². The molecule has 5 aliphatic carbocycles. The molecule has 21 nitrogen and oxygen atoms in total. The van der Waals surface area contributed by atoms with Crippen molar-refractivity contribution in [1.29, 1.82) is 0 Å². The van der Waals surface area contributed by atoms with Crippen molar-refractivity contribution in [2.75, 3.05) is 19.8 Å². The molecule has 9 unspecified atom stereocenters. The smallest absolute Gasteiger partial charge is 0.335 e. The molecule has 4 saturated carbocycles. The van der Waals surface area contributed by atoms with Crippen LogP contribution in [-0.2, 0) is 42.8 Å². The van der Waals surface area contributed by atoms with Gasteiger partial charge in [-0.25, -0.2) is 4.79 Å². The highest BCUT2D eigenvalue weighted by molar-refractivity contribution is 5.94. The van der Waals surface area contributed by atoms with Crippen LogP contribution in [0, 0.1) is 57.2 Å². The average molecular weight is 1120 g/mol. The number of benzene rings is 1. The summed E-state index contributed by atoms with van der Waals surface area (Å²) >= 11 is 0. The molecule has 1 amide bonds. The second-order valence-corrected chi connectivity index (χ2v) is 26.2. The summed E-state index contributed by atoms with van der Waals surface area (Å²) in [6.07, 6.45) is -19.3. The number of amides is 1. The molecule has 7 fully saturated rings. The van der Waals surface area contributed by atoms with E-state index in [0.29, 0.717) is 57.1 Å². The van der Waals surface area contributed by atoms with Gasteiger partial charge >= 0.3 is 5.97 Å². The minimum atomic E-state index is -2.15. The maximum atomic E-state index is 14.9. The highest BCUT2D eigenvalue weighted by atomic mass is 16.8. The number of aryl methyl sites for hydroxylation is 1. The molecule has 0 radical (unpaired) electrons. The molecular weight excluding hydrogens is 1030 g/mol. The Morgan fingerprint density at radius 1 is 0.747 bits per heavy atom. The quantitative estimate of drug-likeness (QED) is 0.0514. The summed E-state index contributed by atoms with van der Waals surface area (Å²) in [6, 6.07) is 7.31. The first-order valence-electron chi connectivity index (χ1n) is 28.3. The zero-order chi connectivity index (χ0) is 57.5. The summed E-state index contributed by atoms with van der Waals surface area (Å²) in [5.41, 5.74) is -1.08. The zero-order valence-corrected chi connectivity index (χ0v) is 46.4. The SMILES string of the molecule is Cc1ccc(C(=O)NCCCC(=O)C23CCC(C)(C)CC2C2=CCC4C5(C)CC[C@H](OC6OC(C(=O)O)[C@@H](O)[C@H](OC7OC[C@@H](O)[C@H](O)[C@@H]7O)[C@@H]6OC6OC(CO)[C@H](O)[C@H](O)[C@@H]6O)[C@](C)(C=O)[C@@H]5CC[C@]4(C)[C@]2(C)C[C@@H]3O)cc1. The van der Waals surface area contributed by atoms with E-state index in [2.05, 4.69) is 46.0 Å². The van der Waals surface area contributed by atoms with Crippen LogP contribution in [0.15, 0.2) is 35.9 Å². The van der Waals surface area contributed by atoms with Crippen molar-refractivity contribution in [3.05, 3.63) is 47.0 Å². The second kappa shape index (κ2) is 22.3. The van der Waals surface area contributed by atoms with Crippen molar-refractivity contribution < 1.29 is 98.7 Å². The van der Waals surface area contributed by atoms with Gasteiger partial charge in [0.2, 0.25) is 0 Å². The molecule has 3 aliphatic heterocycles. The Kier molecular flexibility index (Phi) is 17.0. The standard InChI is InChI=1S/C58H85NO20/c1-28-10-12-29(13-11-28)48(71)59-22-8-9-36(63)58-21-20-53(2,3)23-31(58)30-14-15-35-54(4)18-17-38(55(5,27-61)34(54)16-19-56(35,6)57(30,7)24-37(58)64)76-52-47(79-51-43(69)41(67)40(66)33(25-60)75-51)45(44(70)46(78-52)49(72)73)77-50-42(68)39(65)32(62)26-74-50/h10-14,27,31-35,37-47,50-52,60,62,64-70H,8-9,15-26H2,1-7H3,(H,59,71)(H,72,73)/t31?,32-,33?,34-,35?,37+,38+,39+,40+,41+,42+,43+,44+,45+,46?,47+,50?,51?,52?,54?,55-,56+,57-,58?/m1/s1. The number of carbonyl (C=O) groups is 4. The number of allylic oxidation sites excluding steroid dienone is 2. The van der Waals surface area contributed by atoms with Crippen LogP contribution < -0.4 is 5.32 Å². The van der Waals surface area contributed by atoms with Crippen LogP contribution in [0.4, 0.5) is 0 Å². The Balaban J connectivity index is 0.991. The molecule has 442 valence electrons. The Morgan fingerprint density at radius 3 is 2.10 bits per heavy atom. The van der Waals surface area contributed by atoms with E-state index in [1.165, 1.54) is 5.57 Å². The fourth-order valence-electron chi connectivity index (χ4n) is 16.4. The summed E-state index contributed by atoms with van der Waals surface area (Å²) in [5.74, 6) is -2.44. The average Bonchev–Trinajstić information content (AvgIpc) is 2.54. The largest absolute Gasteiger partial charge is 0.479 e. The number of aliphatic carboxylic acids is 1. The van der Waals surface area contributed by atoms with Gasteiger partial charge in [0.05, 0.1) is 36.3 Å². The molecule has 8 aliphatic rings. The first kappa shape index (κ1) is 60.2. The van der Waals surface area contributed by atoms with Gasteiger partial charge in [-0.2, -0.15) is 0 Å². The Labute approximate surface area is 460 Å². The monoisotopic (exact) mass is 1120 g/mol. The topological polar surface area (TPSA) is 338 Å². The van der Waals surface area contributed by atoms with E-state index in [1.807, 2.05) is 19.1 Å². The number of nitrogens with one attached hydrogen (secondary N) is 1. The van der Waals surface area contributed by atoms with Crippen molar-refractivity contribution >= 4 is 23.9 Å². The third-order valence-electron chi connectivity index (χ3n) is 21.2. The number of fused-ring (bicyclic) bond motifs is 7. The van der Waals surface area contributed by atoms with Crippen molar-refractivity contribution in [3.8, 4) is 0 Å². The first-order chi connectivity index (χ1) is 37.1. The van der Waals surface area contributed by atoms with Gasteiger partial charge in [-0.1, -0.05) is 70.9 Å². The summed E-state index contributed by atoms with van der Waals surface area (Å²) in [5, 5.41) is 112. The Morgan fingerprint density at radius 2 is 1.43 bits per heavy atom. The number of aliphatic hydroxyl groups is 9. The van der Waals surface area contributed by atoms with Crippen molar-refractivity contribution in [1.82, 2.24) is 5.32 Å². The van der Waals surface area contributed by atoms with Crippen LogP contribution in [0.1, 0.15) is 128 Å². The molecule has 1 aromatic rings. The lowest BCUT2D eigenvalue weighted by molar-refractivity contribution is -0.391. The number of ketones is 1. The minimum absolute atomic E-state index is 0.0230. The van der Waals surface area contributed by atoms with Gasteiger partial charge in [-0.05, 0) is 123 Å². The predicted molar refractivity (Wildman–Crippen MR) is 277 cm³/mol. The third-order valence-corrected chi connectivity index (χ3v) is 21.2. The first-order valence-corrected chi connectivity index (χ1v) is 28.3. The highest BCUT2D eigenvalue weighted by Crippen LogP contribution is 2.76. The van der Waals surface area contributed by atoms with Gasteiger partial charge in [0.1, 0.15) is 73.1 Å². The molecule has 0 bridgehead atoms. The van der Waals surface area contributed by atoms with E-state index in [1.54, 1.807) is 19.1 Å². The summed E-state index contributed by atoms with van der Waals surface area (Å²) < 4.78 is 36.2. The molecular formula is C58H85NO20. The number of aldehydes is 1. The minimum Gasteiger partial charge on any atom is -0.479 e. The number of carboxylic acid groups (broad SMARTS) is 1. The van der Waals surface area contributed by atoms with Crippen molar-refractivity contribution in [3.63, 3.8) is 0 Å². The molecule has 3 heterocycles. The van der Waals surface area contributed by atoms with Crippen LogP contribution in [0.2, 0.25) is 0 Å². The normalized spacial score (nSPS) is 47.5. The Hall–Kier alpha value is -3.36. The number of carboxylic acids is 1. The van der Waals surface area contributed by atoms with Gasteiger partial charge in [-0.15, -0.1) is 0 Å². The lowest BCUT2D eigenvalue weighted by atomic mass is 9.33. The number of carbonyl (C=O) groups excluding carboxylic acids is 3. The molecule has 9 rings (SSSR count). The number of hydrogen-bond donors (Lipinski definition) is 11. The van der Waals surface area contributed by atoms with Gasteiger partial charge in [-0.3, -0.25) is 9.59 Å². The molecule has 1 aromatic carbocycles. The number of Topliss-reactive ketones (excluding diaryl/α,β-unsaturated/α-hetero) is 1. The van der Waals surface area contributed by atoms with E-state index in [9.17, 15) is 70.2 Å².